The topological polar surface area (TPSA) is 50.4 Å². The van der Waals surface area contributed by atoms with Crippen molar-refractivity contribution in [2.24, 2.45) is 5.92 Å². The number of carbonyl (C=O) groups excluding carboxylic acids is 1. The van der Waals surface area contributed by atoms with Gasteiger partial charge >= 0.3 is 0 Å². The minimum Gasteiger partial charge on any atom is -0.375 e. The number of carbonyl (C=O) groups is 1. The minimum atomic E-state index is -0.393. The lowest BCUT2D eigenvalue weighted by atomic mass is 10.0. The summed E-state index contributed by atoms with van der Waals surface area (Å²) >= 11 is 0. The van der Waals surface area contributed by atoms with Gasteiger partial charge in [-0.15, -0.1) is 0 Å². The fraction of sp³-hybridized carbons (Fsp3) is 0.909. The molecule has 2 N–H and O–H groups in total. The van der Waals surface area contributed by atoms with E-state index in [2.05, 4.69) is 24.7 Å². The van der Waals surface area contributed by atoms with E-state index in [1.807, 2.05) is 13.8 Å². The zero-order valence-corrected chi connectivity index (χ0v) is 10.5. The van der Waals surface area contributed by atoms with Crippen LogP contribution in [0, 0.1) is 5.92 Å². The molecule has 0 aromatic carbocycles. The summed E-state index contributed by atoms with van der Waals surface area (Å²) in [5, 5.41) is 0. The molecule has 4 heteroatoms. The molecule has 0 aliphatic rings. The van der Waals surface area contributed by atoms with E-state index >= 15 is 0 Å². The standard InChI is InChI=1S/C11H24N2O2/c1-9(2)6-7-15-11(3,4)8-10(14)13-12-5/h9,12H,6-8H2,1-5H3,(H,13,14). The molecule has 90 valence electrons. The summed E-state index contributed by atoms with van der Waals surface area (Å²) in [5.41, 5.74) is 4.75. The van der Waals surface area contributed by atoms with E-state index in [1.165, 1.54) is 0 Å². The summed E-state index contributed by atoms with van der Waals surface area (Å²) in [6, 6.07) is 0. The van der Waals surface area contributed by atoms with Gasteiger partial charge in [-0.2, -0.15) is 0 Å². The van der Waals surface area contributed by atoms with Gasteiger partial charge in [0.1, 0.15) is 0 Å². The third-order valence-electron chi connectivity index (χ3n) is 2.04. The highest BCUT2D eigenvalue weighted by Crippen LogP contribution is 2.15. The summed E-state index contributed by atoms with van der Waals surface area (Å²) in [7, 11) is 1.67. The molecular weight excluding hydrogens is 192 g/mol. The number of ether oxygens (including phenoxy) is 1. The summed E-state index contributed by atoms with van der Waals surface area (Å²) in [6.45, 7) is 8.89. The molecule has 0 aromatic rings. The van der Waals surface area contributed by atoms with Crippen molar-refractivity contribution < 1.29 is 9.53 Å². The summed E-state index contributed by atoms with van der Waals surface area (Å²) < 4.78 is 5.67. The lowest BCUT2D eigenvalue weighted by Crippen LogP contribution is -2.40. The van der Waals surface area contributed by atoms with E-state index in [0.29, 0.717) is 18.9 Å². The molecule has 0 aliphatic carbocycles. The Morgan fingerprint density at radius 1 is 1.40 bits per heavy atom. The largest absolute Gasteiger partial charge is 0.375 e. The number of nitrogens with one attached hydrogen (secondary N) is 2. The summed E-state index contributed by atoms with van der Waals surface area (Å²) in [6.07, 6.45) is 1.39. The van der Waals surface area contributed by atoms with Crippen molar-refractivity contribution in [3.05, 3.63) is 0 Å². The van der Waals surface area contributed by atoms with E-state index in [9.17, 15) is 4.79 Å². The fourth-order valence-electron chi connectivity index (χ4n) is 1.19. The van der Waals surface area contributed by atoms with Crippen molar-refractivity contribution in [2.75, 3.05) is 13.7 Å². The Morgan fingerprint density at radius 2 is 2.00 bits per heavy atom. The van der Waals surface area contributed by atoms with Crippen LogP contribution in [0.2, 0.25) is 0 Å². The first-order chi connectivity index (χ1) is 6.87. The monoisotopic (exact) mass is 216 g/mol. The van der Waals surface area contributed by atoms with Gasteiger partial charge in [0.05, 0.1) is 12.0 Å². The smallest absolute Gasteiger partial charge is 0.236 e. The maximum atomic E-state index is 11.3. The molecule has 0 saturated heterocycles. The van der Waals surface area contributed by atoms with Gasteiger partial charge in [0.15, 0.2) is 0 Å². The molecule has 0 aromatic heterocycles. The normalized spacial score (nSPS) is 11.9. The minimum absolute atomic E-state index is 0.0490. The Balaban J connectivity index is 3.80. The van der Waals surface area contributed by atoms with Gasteiger partial charge in [-0.1, -0.05) is 13.8 Å². The van der Waals surface area contributed by atoms with Crippen LogP contribution in [0.5, 0.6) is 0 Å². The van der Waals surface area contributed by atoms with Gasteiger partial charge in [-0.25, -0.2) is 5.43 Å². The van der Waals surface area contributed by atoms with Crippen molar-refractivity contribution >= 4 is 5.91 Å². The van der Waals surface area contributed by atoms with Crippen LogP contribution in [0.15, 0.2) is 0 Å². The zero-order valence-electron chi connectivity index (χ0n) is 10.5. The predicted molar refractivity (Wildman–Crippen MR) is 61.3 cm³/mol. The SMILES string of the molecule is CNNC(=O)CC(C)(C)OCCC(C)C. The van der Waals surface area contributed by atoms with Crippen molar-refractivity contribution in [2.45, 2.75) is 46.1 Å². The van der Waals surface area contributed by atoms with Crippen LogP contribution in [0.3, 0.4) is 0 Å². The molecule has 0 unspecified atom stereocenters. The van der Waals surface area contributed by atoms with E-state index in [0.717, 1.165) is 6.42 Å². The summed E-state index contributed by atoms with van der Waals surface area (Å²) in [5.74, 6) is 0.582. The van der Waals surface area contributed by atoms with Crippen LogP contribution >= 0.6 is 0 Å². The van der Waals surface area contributed by atoms with Gasteiger partial charge in [0.2, 0.25) is 5.91 Å². The Morgan fingerprint density at radius 3 is 2.47 bits per heavy atom. The van der Waals surface area contributed by atoms with Crippen LogP contribution in [0.1, 0.15) is 40.5 Å². The third kappa shape index (κ3) is 8.39. The van der Waals surface area contributed by atoms with Crippen molar-refractivity contribution in [3.63, 3.8) is 0 Å². The van der Waals surface area contributed by atoms with E-state index in [1.54, 1.807) is 7.05 Å². The zero-order chi connectivity index (χ0) is 11.9. The maximum Gasteiger partial charge on any atom is 0.236 e. The Labute approximate surface area is 92.7 Å². The number of hydrogen-bond acceptors (Lipinski definition) is 3. The molecule has 0 heterocycles. The van der Waals surface area contributed by atoms with Crippen LogP contribution in [-0.4, -0.2) is 25.2 Å². The molecular formula is C11H24N2O2. The lowest BCUT2D eigenvalue weighted by Gasteiger charge is -2.25. The lowest BCUT2D eigenvalue weighted by molar-refractivity contribution is -0.128. The number of rotatable bonds is 7. The van der Waals surface area contributed by atoms with E-state index in [4.69, 9.17) is 4.74 Å². The van der Waals surface area contributed by atoms with Gasteiger partial charge in [-0.3, -0.25) is 10.2 Å². The first kappa shape index (κ1) is 14.4. The third-order valence-corrected chi connectivity index (χ3v) is 2.04. The number of amides is 1. The molecule has 0 atom stereocenters. The molecule has 15 heavy (non-hydrogen) atoms. The Hall–Kier alpha value is -0.610. The van der Waals surface area contributed by atoms with Gasteiger partial charge in [0.25, 0.3) is 0 Å². The first-order valence-corrected chi connectivity index (χ1v) is 5.47. The van der Waals surface area contributed by atoms with E-state index < -0.39 is 5.60 Å². The van der Waals surface area contributed by atoms with Crippen molar-refractivity contribution in [1.82, 2.24) is 10.9 Å². The number of hydrogen-bond donors (Lipinski definition) is 2. The van der Waals surface area contributed by atoms with Crippen LogP contribution < -0.4 is 10.9 Å². The van der Waals surface area contributed by atoms with Gasteiger partial charge < -0.3 is 4.74 Å². The average Bonchev–Trinajstić information content (AvgIpc) is 2.01. The second-order valence-corrected chi connectivity index (χ2v) is 4.77. The molecule has 0 saturated carbocycles. The highest BCUT2D eigenvalue weighted by Gasteiger charge is 2.22. The Kier molecular flexibility index (Phi) is 6.52. The molecule has 1 amide bonds. The molecule has 0 radical (unpaired) electrons. The molecule has 0 aliphatic heterocycles. The fourth-order valence-corrected chi connectivity index (χ4v) is 1.19. The van der Waals surface area contributed by atoms with Crippen LogP contribution in [0.25, 0.3) is 0 Å². The molecule has 0 spiro atoms. The maximum absolute atomic E-state index is 11.3. The molecule has 0 rings (SSSR count). The highest BCUT2D eigenvalue weighted by atomic mass is 16.5. The van der Waals surface area contributed by atoms with Gasteiger partial charge in [0, 0.05) is 13.7 Å². The first-order valence-electron chi connectivity index (χ1n) is 5.47. The molecule has 0 fully saturated rings. The Bertz CT molecular complexity index is 191. The number of hydrazine groups is 1. The second-order valence-electron chi connectivity index (χ2n) is 4.77. The highest BCUT2D eigenvalue weighted by molar-refractivity contribution is 5.76. The van der Waals surface area contributed by atoms with Crippen molar-refractivity contribution in [3.8, 4) is 0 Å². The molecule has 4 nitrogen and oxygen atoms in total. The quantitative estimate of drug-likeness (QED) is 0.634. The van der Waals surface area contributed by atoms with Gasteiger partial charge in [-0.05, 0) is 26.2 Å². The average molecular weight is 216 g/mol. The van der Waals surface area contributed by atoms with E-state index in [-0.39, 0.29) is 5.91 Å². The predicted octanol–water partition coefficient (Wildman–Crippen LogP) is 1.47. The van der Waals surface area contributed by atoms with Crippen molar-refractivity contribution in [1.29, 1.82) is 0 Å². The molecule has 0 bridgehead atoms. The summed E-state index contributed by atoms with van der Waals surface area (Å²) in [4.78, 5) is 11.3. The second kappa shape index (κ2) is 6.80. The van der Waals surface area contributed by atoms with Crippen LogP contribution in [-0.2, 0) is 9.53 Å². The van der Waals surface area contributed by atoms with Crippen LogP contribution in [0.4, 0.5) is 0 Å².